The van der Waals surface area contributed by atoms with Crippen LogP contribution in [-0.2, 0) is 0 Å². The van der Waals surface area contributed by atoms with E-state index in [0.29, 0.717) is 6.42 Å². The molecule has 2 atom stereocenters. The van der Waals surface area contributed by atoms with E-state index < -0.39 is 11.8 Å². The number of rotatable bonds is 2. The molecule has 10 heavy (non-hydrogen) atoms. The van der Waals surface area contributed by atoms with Crippen LogP contribution in [0.25, 0.3) is 0 Å². The van der Waals surface area contributed by atoms with Gasteiger partial charge in [0.2, 0.25) is 6.43 Å². The van der Waals surface area contributed by atoms with Crippen LogP contribution in [-0.4, -0.2) is 13.0 Å². The van der Waals surface area contributed by atoms with E-state index in [0.717, 1.165) is 6.42 Å². The van der Waals surface area contributed by atoms with E-state index in [2.05, 4.69) is 0 Å². The lowest BCUT2D eigenvalue weighted by molar-refractivity contribution is -0.0962. The molecule has 0 bridgehead atoms. The smallest absolute Gasteiger partial charge is 0.245 e. The molecule has 1 aliphatic carbocycles. The molecule has 1 fully saturated rings. The molecule has 1 nitrogen and oxygen atoms in total. The first-order valence-corrected chi connectivity index (χ1v) is 3.61. The van der Waals surface area contributed by atoms with Crippen LogP contribution in [0.5, 0.6) is 0 Å². The molecule has 0 saturated heterocycles. The summed E-state index contributed by atoms with van der Waals surface area (Å²) in [6.45, 7) is 1.98. The predicted molar refractivity (Wildman–Crippen MR) is 35.9 cm³/mol. The summed E-state index contributed by atoms with van der Waals surface area (Å²) < 4.78 is 24.6. The minimum atomic E-state index is -2.23. The molecule has 60 valence electrons. The fraction of sp³-hybridized carbons (Fsp3) is 1.00. The van der Waals surface area contributed by atoms with Gasteiger partial charge in [0.05, 0.1) is 0 Å². The van der Waals surface area contributed by atoms with Crippen molar-refractivity contribution in [3.05, 3.63) is 0 Å². The highest BCUT2D eigenvalue weighted by Gasteiger charge is 2.49. The SMILES string of the molecule is CC1CCC1(CN)C(F)F. The summed E-state index contributed by atoms with van der Waals surface area (Å²) in [5, 5.41) is 0. The molecule has 0 aromatic rings. The lowest BCUT2D eigenvalue weighted by Crippen LogP contribution is -2.50. The van der Waals surface area contributed by atoms with Crippen LogP contribution in [0.15, 0.2) is 0 Å². The summed E-state index contributed by atoms with van der Waals surface area (Å²) in [7, 11) is 0. The van der Waals surface area contributed by atoms with Crippen molar-refractivity contribution in [2.45, 2.75) is 26.2 Å². The third-order valence-electron chi connectivity index (χ3n) is 2.84. The quantitative estimate of drug-likeness (QED) is 0.634. The van der Waals surface area contributed by atoms with Gasteiger partial charge in [0, 0.05) is 12.0 Å². The summed E-state index contributed by atoms with van der Waals surface area (Å²) in [4.78, 5) is 0. The lowest BCUT2D eigenvalue weighted by atomic mass is 9.61. The Morgan fingerprint density at radius 3 is 2.30 bits per heavy atom. The molecule has 1 rings (SSSR count). The maximum absolute atomic E-state index is 12.3. The Labute approximate surface area is 59.6 Å². The van der Waals surface area contributed by atoms with Crippen molar-refractivity contribution in [2.24, 2.45) is 17.1 Å². The first kappa shape index (κ1) is 7.92. The predicted octanol–water partition coefficient (Wildman–Crippen LogP) is 1.63. The lowest BCUT2D eigenvalue weighted by Gasteiger charge is -2.46. The number of hydrogen-bond donors (Lipinski definition) is 1. The van der Waals surface area contributed by atoms with Crippen LogP contribution >= 0.6 is 0 Å². The highest BCUT2D eigenvalue weighted by molar-refractivity contribution is 4.95. The zero-order valence-electron chi connectivity index (χ0n) is 6.11. The molecule has 1 aliphatic rings. The summed E-state index contributed by atoms with van der Waals surface area (Å²) in [6, 6.07) is 0. The van der Waals surface area contributed by atoms with Gasteiger partial charge in [-0.1, -0.05) is 6.92 Å². The Hall–Kier alpha value is -0.180. The molecule has 0 spiro atoms. The molecular weight excluding hydrogens is 136 g/mol. The molecule has 0 heterocycles. The molecule has 2 N–H and O–H groups in total. The van der Waals surface area contributed by atoms with Gasteiger partial charge in [-0.15, -0.1) is 0 Å². The molecule has 3 heteroatoms. The third-order valence-corrected chi connectivity index (χ3v) is 2.84. The second-order valence-electron chi connectivity index (χ2n) is 3.18. The fourth-order valence-corrected chi connectivity index (χ4v) is 1.52. The van der Waals surface area contributed by atoms with E-state index in [1.54, 1.807) is 0 Å². The molecule has 0 amide bonds. The fourth-order valence-electron chi connectivity index (χ4n) is 1.52. The molecular formula is C7H13F2N. The van der Waals surface area contributed by atoms with E-state index in [1.165, 1.54) is 0 Å². The van der Waals surface area contributed by atoms with Crippen LogP contribution in [0.3, 0.4) is 0 Å². The third kappa shape index (κ3) is 0.839. The number of hydrogen-bond acceptors (Lipinski definition) is 1. The summed E-state index contributed by atoms with van der Waals surface area (Å²) in [5.74, 6) is 0.109. The Morgan fingerprint density at radius 1 is 1.70 bits per heavy atom. The average Bonchev–Trinajstić information content (AvgIpc) is 1.86. The number of nitrogens with two attached hydrogens (primary N) is 1. The van der Waals surface area contributed by atoms with E-state index in [9.17, 15) is 8.78 Å². The normalized spacial score (nSPS) is 39.9. The van der Waals surface area contributed by atoms with Gasteiger partial charge in [-0.05, 0) is 18.8 Å². The summed E-state index contributed by atoms with van der Waals surface area (Å²) >= 11 is 0. The van der Waals surface area contributed by atoms with Crippen LogP contribution < -0.4 is 5.73 Å². The zero-order valence-corrected chi connectivity index (χ0v) is 6.11. The first-order valence-electron chi connectivity index (χ1n) is 3.61. The number of alkyl halides is 2. The summed E-state index contributed by atoms with van der Waals surface area (Å²) in [5.41, 5.74) is 4.45. The average molecular weight is 149 g/mol. The van der Waals surface area contributed by atoms with Crippen molar-refractivity contribution in [1.82, 2.24) is 0 Å². The van der Waals surface area contributed by atoms with Gasteiger partial charge >= 0.3 is 0 Å². The summed E-state index contributed by atoms with van der Waals surface area (Å²) in [6.07, 6.45) is -0.731. The first-order chi connectivity index (χ1) is 4.63. The maximum atomic E-state index is 12.3. The Morgan fingerprint density at radius 2 is 2.30 bits per heavy atom. The molecule has 0 aliphatic heterocycles. The zero-order chi connectivity index (χ0) is 7.78. The van der Waals surface area contributed by atoms with Crippen LogP contribution in [0.2, 0.25) is 0 Å². The standard InChI is InChI=1S/C7H13F2N/c1-5-2-3-7(5,4-10)6(8)9/h5-6H,2-4,10H2,1H3. The van der Waals surface area contributed by atoms with Gasteiger partial charge in [0.15, 0.2) is 0 Å². The molecule has 2 unspecified atom stereocenters. The molecule has 0 aromatic heterocycles. The van der Waals surface area contributed by atoms with Gasteiger partial charge < -0.3 is 5.73 Å². The van der Waals surface area contributed by atoms with Crippen molar-refractivity contribution in [3.63, 3.8) is 0 Å². The maximum Gasteiger partial charge on any atom is 0.245 e. The second kappa shape index (κ2) is 2.46. The van der Waals surface area contributed by atoms with Gasteiger partial charge in [0.1, 0.15) is 0 Å². The minimum absolute atomic E-state index is 0.109. The Balaban J connectivity index is 2.60. The monoisotopic (exact) mass is 149 g/mol. The van der Waals surface area contributed by atoms with Crippen LogP contribution in [0.4, 0.5) is 8.78 Å². The second-order valence-corrected chi connectivity index (χ2v) is 3.18. The molecule has 0 radical (unpaired) electrons. The van der Waals surface area contributed by atoms with Crippen molar-refractivity contribution >= 4 is 0 Å². The highest BCUT2D eigenvalue weighted by Crippen LogP contribution is 2.49. The van der Waals surface area contributed by atoms with Gasteiger partial charge in [0.25, 0.3) is 0 Å². The highest BCUT2D eigenvalue weighted by atomic mass is 19.3. The van der Waals surface area contributed by atoms with Crippen molar-refractivity contribution < 1.29 is 8.78 Å². The van der Waals surface area contributed by atoms with E-state index >= 15 is 0 Å². The van der Waals surface area contributed by atoms with Crippen LogP contribution in [0.1, 0.15) is 19.8 Å². The van der Waals surface area contributed by atoms with E-state index in [4.69, 9.17) is 5.73 Å². The van der Waals surface area contributed by atoms with E-state index in [-0.39, 0.29) is 12.5 Å². The van der Waals surface area contributed by atoms with Gasteiger partial charge in [-0.3, -0.25) is 0 Å². The molecule has 1 saturated carbocycles. The Kier molecular flexibility index (Phi) is 1.95. The Bertz CT molecular complexity index is 116. The van der Waals surface area contributed by atoms with Gasteiger partial charge in [-0.25, -0.2) is 8.78 Å². The van der Waals surface area contributed by atoms with Crippen molar-refractivity contribution in [1.29, 1.82) is 0 Å². The van der Waals surface area contributed by atoms with Crippen molar-refractivity contribution in [3.8, 4) is 0 Å². The van der Waals surface area contributed by atoms with Crippen LogP contribution in [0, 0.1) is 11.3 Å². The molecule has 0 aromatic carbocycles. The largest absolute Gasteiger partial charge is 0.330 e. The topological polar surface area (TPSA) is 26.0 Å². The van der Waals surface area contributed by atoms with Crippen molar-refractivity contribution in [2.75, 3.05) is 6.54 Å². The van der Waals surface area contributed by atoms with E-state index in [1.807, 2.05) is 6.92 Å². The van der Waals surface area contributed by atoms with Gasteiger partial charge in [-0.2, -0.15) is 0 Å². The minimum Gasteiger partial charge on any atom is -0.330 e. The number of halogens is 2.